The van der Waals surface area contributed by atoms with Crippen LogP contribution in [0.25, 0.3) is 5.52 Å². The number of fused-ring (bicyclic) bond motifs is 1. The average Bonchev–Trinajstić information content (AvgIpc) is 3.36. The van der Waals surface area contributed by atoms with Gasteiger partial charge in [0, 0.05) is 49.6 Å². The molecule has 0 spiro atoms. The van der Waals surface area contributed by atoms with Crippen molar-refractivity contribution in [3.8, 4) is 0 Å². The lowest BCUT2D eigenvalue weighted by atomic mass is 9.81. The number of nitrogens with zero attached hydrogens (tertiary/aromatic N) is 5. The molecule has 2 fully saturated rings. The molecular weight excluding hydrogens is 465 g/mol. The highest BCUT2D eigenvalue weighted by Crippen LogP contribution is 2.37. The van der Waals surface area contributed by atoms with Gasteiger partial charge in [-0.15, -0.1) is 0 Å². The van der Waals surface area contributed by atoms with Gasteiger partial charge in [-0.25, -0.2) is 9.31 Å². The Balaban J connectivity index is 1.46. The second-order valence-corrected chi connectivity index (χ2v) is 10.2. The Morgan fingerprint density at radius 1 is 1.14 bits per heavy atom. The molecule has 1 aromatic carbocycles. The van der Waals surface area contributed by atoms with Gasteiger partial charge in [-0.3, -0.25) is 15.0 Å². The smallest absolute Gasteiger partial charge is 0.465 e. The van der Waals surface area contributed by atoms with Crippen LogP contribution >= 0.6 is 0 Å². The third kappa shape index (κ3) is 4.05. The summed E-state index contributed by atoms with van der Waals surface area (Å²) in [6.45, 7) is 9.20. The molecule has 1 N–H and O–H groups in total. The number of aromatic nitrogens is 2. The molecule has 3 aromatic rings. The molecule has 36 heavy (non-hydrogen) atoms. The van der Waals surface area contributed by atoms with Crippen molar-refractivity contribution in [3.05, 3.63) is 64.5 Å². The maximum Gasteiger partial charge on any atom is 0.496 e. The Labute approximate surface area is 208 Å². The molecule has 0 radical (unpaired) electrons. The molecule has 12 heteroatoms. The third-order valence-corrected chi connectivity index (χ3v) is 7.49. The molecular formula is C24H28BN5O6. The van der Waals surface area contributed by atoms with Gasteiger partial charge in [0.1, 0.15) is 0 Å². The molecule has 2 aliphatic heterocycles. The highest BCUT2D eigenvalue weighted by atomic mass is 16.7. The van der Waals surface area contributed by atoms with Crippen LogP contribution < -0.4 is 10.4 Å². The maximum absolute atomic E-state index is 12.0. The van der Waals surface area contributed by atoms with Crippen LogP contribution in [0.15, 0.2) is 48.8 Å². The Morgan fingerprint density at radius 2 is 1.81 bits per heavy atom. The first kappa shape index (κ1) is 24.1. The summed E-state index contributed by atoms with van der Waals surface area (Å²) in [6, 6.07) is 9.48. The van der Waals surface area contributed by atoms with Gasteiger partial charge in [0.05, 0.1) is 33.4 Å². The molecule has 0 aliphatic carbocycles. The number of nitro groups is 1. The second-order valence-electron chi connectivity index (χ2n) is 10.2. The van der Waals surface area contributed by atoms with E-state index in [9.17, 15) is 20.0 Å². The molecule has 1 atom stereocenters. The lowest BCUT2D eigenvalue weighted by molar-refractivity contribution is -0.384. The topological polar surface area (TPSA) is 123 Å². The second kappa shape index (κ2) is 8.49. The van der Waals surface area contributed by atoms with Gasteiger partial charge in [-0.05, 0) is 45.4 Å². The number of nitro benzene ring substituents is 1. The Morgan fingerprint density at radius 3 is 2.42 bits per heavy atom. The standard InChI is InChI=1S/C24H28BN5O6/c1-23(2)24(3,4)36-25(35-23)17-13-20-19(9-10-26-29(20)14-17)27-11-12-28(22(31)32)21(15-27)16-5-7-18(8-6-16)30(33)34/h5-10,13-14,21H,11-12,15H2,1-4H3,(H,31,32). The van der Waals surface area contributed by atoms with Crippen molar-refractivity contribution >= 4 is 35.6 Å². The van der Waals surface area contributed by atoms with Crippen molar-refractivity contribution in [2.24, 2.45) is 0 Å². The van der Waals surface area contributed by atoms with Gasteiger partial charge in [-0.1, -0.05) is 12.1 Å². The first-order valence-corrected chi connectivity index (χ1v) is 11.8. The number of hydrogen-bond acceptors (Lipinski definition) is 7. The minimum absolute atomic E-state index is 0.0347. The van der Waals surface area contributed by atoms with Crippen molar-refractivity contribution in [1.29, 1.82) is 0 Å². The van der Waals surface area contributed by atoms with E-state index < -0.39 is 35.4 Å². The van der Waals surface area contributed by atoms with Crippen LogP contribution in [0.4, 0.5) is 16.2 Å². The summed E-state index contributed by atoms with van der Waals surface area (Å²) in [7, 11) is -0.527. The van der Waals surface area contributed by atoms with Crippen LogP contribution in [0, 0.1) is 10.1 Å². The molecule has 4 heterocycles. The number of carboxylic acid groups (broad SMARTS) is 1. The van der Waals surface area contributed by atoms with E-state index in [0.717, 1.165) is 16.7 Å². The van der Waals surface area contributed by atoms with Crippen LogP contribution in [0.5, 0.6) is 0 Å². The number of benzene rings is 1. The number of amides is 1. The number of non-ortho nitro benzene ring substituents is 1. The van der Waals surface area contributed by atoms with E-state index in [2.05, 4.69) is 10.00 Å². The van der Waals surface area contributed by atoms with Crippen LogP contribution in [0.2, 0.25) is 0 Å². The Bertz CT molecular complexity index is 1310. The van der Waals surface area contributed by atoms with Crippen LogP contribution in [-0.2, 0) is 9.31 Å². The number of piperazine rings is 1. The fourth-order valence-corrected chi connectivity index (χ4v) is 4.73. The zero-order valence-electron chi connectivity index (χ0n) is 20.6. The van der Waals surface area contributed by atoms with E-state index in [0.29, 0.717) is 18.7 Å². The number of hydrogen-bond donors (Lipinski definition) is 1. The van der Waals surface area contributed by atoms with Crippen LogP contribution in [0.3, 0.4) is 0 Å². The normalized spacial score (nSPS) is 21.2. The largest absolute Gasteiger partial charge is 0.496 e. The molecule has 188 valence electrons. The maximum atomic E-state index is 12.0. The molecule has 2 aromatic heterocycles. The summed E-state index contributed by atoms with van der Waals surface area (Å²) in [5.41, 5.74) is 2.35. The number of rotatable bonds is 4. The summed E-state index contributed by atoms with van der Waals surface area (Å²) in [5, 5.41) is 25.3. The summed E-state index contributed by atoms with van der Waals surface area (Å²) < 4.78 is 14.2. The molecule has 0 saturated carbocycles. The van der Waals surface area contributed by atoms with Crippen molar-refractivity contribution in [2.75, 3.05) is 24.5 Å². The zero-order valence-corrected chi connectivity index (χ0v) is 20.6. The van der Waals surface area contributed by atoms with E-state index >= 15 is 0 Å². The molecule has 2 saturated heterocycles. The van der Waals surface area contributed by atoms with E-state index in [-0.39, 0.29) is 12.2 Å². The van der Waals surface area contributed by atoms with Gasteiger partial charge < -0.3 is 19.3 Å². The van der Waals surface area contributed by atoms with E-state index in [4.69, 9.17) is 9.31 Å². The summed E-state index contributed by atoms with van der Waals surface area (Å²) in [6.07, 6.45) is 2.58. The SMILES string of the molecule is CC1(C)OB(c2cc3c(N4CCN(C(=O)O)C(c5ccc([N+](=O)[O-])cc5)C4)ccnn3c2)OC1(C)C. The van der Waals surface area contributed by atoms with Crippen LogP contribution in [0.1, 0.15) is 39.3 Å². The minimum atomic E-state index is -1.02. The lowest BCUT2D eigenvalue weighted by Crippen LogP contribution is -2.50. The summed E-state index contributed by atoms with van der Waals surface area (Å²) in [5.74, 6) is 0. The highest BCUT2D eigenvalue weighted by molar-refractivity contribution is 6.62. The predicted octanol–water partition coefficient (Wildman–Crippen LogP) is 3.08. The van der Waals surface area contributed by atoms with Gasteiger partial charge >= 0.3 is 13.2 Å². The molecule has 0 bridgehead atoms. The van der Waals surface area contributed by atoms with Crippen molar-refractivity contribution in [1.82, 2.24) is 14.5 Å². The highest BCUT2D eigenvalue weighted by Gasteiger charge is 2.52. The fraction of sp³-hybridized carbons (Fsp3) is 0.417. The van der Waals surface area contributed by atoms with Gasteiger partial charge in [0.15, 0.2) is 0 Å². The van der Waals surface area contributed by atoms with Crippen LogP contribution in [-0.4, -0.2) is 68.6 Å². The van der Waals surface area contributed by atoms with E-state index in [1.165, 1.54) is 17.0 Å². The summed E-state index contributed by atoms with van der Waals surface area (Å²) in [4.78, 5) is 26.1. The third-order valence-electron chi connectivity index (χ3n) is 7.49. The lowest BCUT2D eigenvalue weighted by Gasteiger charge is -2.41. The number of carbonyl (C=O) groups is 1. The van der Waals surface area contributed by atoms with Gasteiger partial charge in [0.25, 0.3) is 5.69 Å². The molecule has 2 aliphatic rings. The first-order valence-electron chi connectivity index (χ1n) is 11.8. The molecule has 1 amide bonds. The van der Waals surface area contributed by atoms with Crippen molar-refractivity contribution < 1.29 is 24.1 Å². The van der Waals surface area contributed by atoms with Crippen molar-refractivity contribution in [2.45, 2.75) is 44.9 Å². The van der Waals surface area contributed by atoms with Gasteiger partial charge in [0.2, 0.25) is 0 Å². The quantitative estimate of drug-likeness (QED) is 0.334. The zero-order chi connectivity index (χ0) is 25.8. The van der Waals surface area contributed by atoms with Crippen molar-refractivity contribution in [3.63, 3.8) is 0 Å². The minimum Gasteiger partial charge on any atom is -0.465 e. The Kier molecular flexibility index (Phi) is 5.68. The molecule has 1 unspecified atom stereocenters. The monoisotopic (exact) mass is 493 g/mol. The molecule has 11 nitrogen and oxygen atoms in total. The fourth-order valence-electron chi connectivity index (χ4n) is 4.73. The molecule has 5 rings (SSSR count). The average molecular weight is 493 g/mol. The van der Waals surface area contributed by atoms with E-state index in [1.807, 2.05) is 46.0 Å². The first-order chi connectivity index (χ1) is 17.0. The Hall–Kier alpha value is -3.64. The summed E-state index contributed by atoms with van der Waals surface area (Å²) >= 11 is 0. The predicted molar refractivity (Wildman–Crippen MR) is 134 cm³/mol. The van der Waals surface area contributed by atoms with Gasteiger partial charge in [-0.2, -0.15) is 5.10 Å². The van der Waals surface area contributed by atoms with E-state index in [1.54, 1.807) is 22.8 Å². The number of anilines is 1.